The van der Waals surface area contributed by atoms with Crippen LogP contribution >= 0.6 is 24.0 Å². The molecule has 0 spiro atoms. The van der Waals surface area contributed by atoms with Gasteiger partial charge in [-0.25, -0.2) is 4.99 Å². The number of aliphatic imine (C=N–C) groups is 1. The summed E-state index contributed by atoms with van der Waals surface area (Å²) in [5.41, 5.74) is 4.37. The normalized spacial score (nSPS) is 11.8. The molecule has 0 amide bonds. The Kier molecular flexibility index (Phi) is 9.74. The van der Waals surface area contributed by atoms with Crippen molar-refractivity contribution in [3.05, 3.63) is 70.8 Å². The third-order valence-corrected chi connectivity index (χ3v) is 4.03. The van der Waals surface area contributed by atoms with Crippen molar-refractivity contribution in [1.82, 2.24) is 10.6 Å². The van der Waals surface area contributed by atoms with Gasteiger partial charge in [0, 0.05) is 13.1 Å². The molecule has 4 nitrogen and oxygen atoms in total. The van der Waals surface area contributed by atoms with E-state index in [9.17, 15) is 0 Å². The van der Waals surface area contributed by atoms with E-state index < -0.39 is 0 Å². The number of hydrogen-bond donors (Lipinski definition) is 2. The van der Waals surface area contributed by atoms with Crippen molar-refractivity contribution in [3.63, 3.8) is 0 Å². The third kappa shape index (κ3) is 7.04. The van der Waals surface area contributed by atoms with Crippen molar-refractivity contribution in [2.75, 3.05) is 13.1 Å². The molecule has 0 aliphatic carbocycles. The van der Waals surface area contributed by atoms with Crippen LogP contribution in [-0.2, 0) is 6.54 Å². The Morgan fingerprint density at radius 2 is 1.88 bits per heavy atom. The molecule has 2 rings (SSSR count). The first kappa shape index (κ1) is 22.0. The number of nitrogens with zero attached hydrogens (tertiary/aromatic N) is 2. The average molecular weight is 462 g/mol. The molecule has 1 atom stereocenters. The molecule has 0 aromatic heterocycles. The standard InChI is InChI=1S/C21H26N4.HI/c1-4-23-21(25-15-19-10-8-18(13-22)9-11-19)24-14-17(3)20-7-5-6-16(2)12-20;/h5-12,17H,4,14-15H2,1-3H3,(H2,23,24,25);1H. The molecule has 2 N–H and O–H groups in total. The Bertz CT molecular complexity index is 747. The molecule has 138 valence electrons. The molecule has 0 bridgehead atoms. The second-order valence-electron chi connectivity index (χ2n) is 6.20. The molecule has 2 aromatic carbocycles. The summed E-state index contributed by atoms with van der Waals surface area (Å²) in [6, 6.07) is 18.3. The zero-order chi connectivity index (χ0) is 18.1. The van der Waals surface area contributed by atoms with E-state index >= 15 is 0 Å². The second kappa shape index (κ2) is 11.5. The summed E-state index contributed by atoms with van der Waals surface area (Å²) in [6.45, 7) is 8.61. The molecule has 0 radical (unpaired) electrons. The lowest BCUT2D eigenvalue weighted by molar-refractivity contribution is 0.699. The average Bonchev–Trinajstić information content (AvgIpc) is 2.64. The van der Waals surface area contributed by atoms with Crippen LogP contribution in [0.4, 0.5) is 0 Å². The highest BCUT2D eigenvalue weighted by molar-refractivity contribution is 14.0. The zero-order valence-corrected chi connectivity index (χ0v) is 18.0. The number of hydrogen-bond acceptors (Lipinski definition) is 2. The van der Waals surface area contributed by atoms with Crippen molar-refractivity contribution < 1.29 is 0 Å². The first-order valence-corrected chi connectivity index (χ1v) is 8.70. The van der Waals surface area contributed by atoms with Gasteiger partial charge in [0.1, 0.15) is 0 Å². The van der Waals surface area contributed by atoms with E-state index in [4.69, 9.17) is 5.26 Å². The number of aryl methyl sites for hydroxylation is 1. The summed E-state index contributed by atoms with van der Waals surface area (Å²) in [6.07, 6.45) is 0. The molecule has 1 unspecified atom stereocenters. The topological polar surface area (TPSA) is 60.2 Å². The van der Waals surface area contributed by atoms with Crippen molar-refractivity contribution >= 4 is 29.9 Å². The van der Waals surface area contributed by atoms with E-state index in [1.807, 2.05) is 24.3 Å². The third-order valence-electron chi connectivity index (χ3n) is 4.03. The van der Waals surface area contributed by atoms with Crippen LogP contribution in [0.1, 0.15) is 42.0 Å². The number of halogens is 1. The van der Waals surface area contributed by atoms with Crippen molar-refractivity contribution in [1.29, 1.82) is 5.26 Å². The van der Waals surface area contributed by atoms with Gasteiger partial charge in [-0.3, -0.25) is 0 Å². The van der Waals surface area contributed by atoms with Crippen LogP contribution in [0.3, 0.4) is 0 Å². The van der Waals surface area contributed by atoms with Gasteiger partial charge in [-0.2, -0.15) is 5.26 Å². The molecule has 2 aromatic rings. The molecule has 0 aliphatic rings. The van der Waals surface area contributed by atoms with Crippen LogP contribution in [0.15, 0.2) is 53.5 Å². The van der Waals surface area contributed by atoms with E-state index in [2.05, 4.69) is 66.7 Å². The molecule has 0 heterocycles. The van der Waals surface area contributed by atoms with Gasteiger partial charge in [0.05, 0.1) is 18.2 Å². The SMILES string of the molecule is CCNC(=NCc1ccc(C#N)cc1)NCC(C)c1cccc(C)c1.I. The predicted molar refractivity (Wildman–Crippen MR) is 119 cm³/mol. The first-order chi connectivity index (χ1) is 12.1. The molecule has 0 fully saturated rings. The van der Waals surface area contributed by atoms with Crippen LogP contribution in [0.5, 0.6) is 0 Å². The smallest absolute Gasteiger partial charge is 0.191 e. The minimum atomic E-state index is 0. The Morgan fingerprint density at radius 3 is 2.50 bits per heavy atom. The maximum Gasteiger partial charge on any atom is 0.191 e. The number of rotatable bonds is 6. The molecule has 0 saturated carbocycles. The van der Waals surface area contributed by atoms with E-state index in [1.165, 1.54) is 11.1 Å². The maximum atomic E-state index is 8.85. The lowest BCUT2D eigenvalue weighted by Gasteiger charge is -2.16. The molecular formula is C21H27IN4. The zero-order valence-electron chi connectivity index (χ0n) is 15.6. The highest BCUT2D eigenvalue weighted by Crippen LogP contribution is 2.15. The van der Waals surface area contributed by atoms with E-state index in [1.54, 1.807) is 0 Å². The quantitative estimate of drug-likeness (QED) is 0.382. The van der Waals surface area contributed by atoms with Crippen molar-refractivity contribution in [2.24, 2.45) is 4.99 Å². The van der Waals surface area contributed by atoms with Crippen molar-refractivity contribution in [3.8, 4) is 6.07 Å². The van der Waals surface area contributed by atoms with Crippen LogP contribution in [0.2, 0.25) is 0 Å². The van der Waals surface area contributed by atoms with Gasteiger partial charge in [-0.15, -0.1) is 24.0 Å². The predicted octanol–water partition coefficient (Wildman–Crippen LogP) is 4.34. The largest absolute Gasteiger partial charge is 0.357 e. The molecule has 5 heteroatoms. The van der Waals surface area contributed by atoms with E-state index in [0.29, 0.717) is 18.0 Å². The van der Waals surface area contributed by atoms with Crippen LogP contribution in [0.25, 0.3) is 0 Å². The summed E-state index contributed by atoms with van der Waals surface area (Å²) in [5, 5.41) is 15.5. The fourth-order valence-corrected chi connectivity index (χ4v) is 2.54. The molecule has 26 heavy (non-hydrogen) atoms. The number of nitriles is 1. The van der Waals surface area contributed by atoms with Crippen LogP contribution in [-0.4, -0.2) is 19.0 Å². The van der Waals surface area contributed by atoms with E-state index in [0.717, 1.165) is 24.6 Å². The number of benzene rings is 2. The molecule has 0 aliphatic heterocycles. The van der Waals surface area contributed by atoms with Gasteiger partial charge < -0.3 is 10.6 Å². The highest BCUT2D eigenvalue weighted by atomic mass is 127. The van der Waals surface area contributed by atoms with Crippen LogP contribution in [0, 0.1) is 18.3 Å². The van der Waals surface area contributed by atoms with Gasteiger partial charge in [0.15, 0.2) is 5.96 Å². The lowest BCUT2D eigenvalue weighted by atomic mass is 9.99. The van der Waals surface area contributed by atoms with Gasteiger partial charge in [0.25, 0.3) is 0 Å². The minimum Gasteiger partial charge on any atom is -0.357 e. The summed E-state index contributed by atoms with van der Waals surface area (Å²) >= 11 is 0. The van der Waals surface area contributed by atoms with Gasteiger partial charge in [0.2, 0.25) is 0 Å². The Morgan fingerprint density at radius 1 is 1.15 bits per heavy atom. The van der Waals surface area contributed by atoms with Gasteiger partial charge >= 0.3 is 0 Å². The summed E-state index contributed by atoms with van der Waals surface area (Å²) in [5.74, 6) is 1.21. The second-order valence-corrected chi connectivity index (χ2v) is 6.20. The van der Waals surface area contributed by atoms with Crippen molar-refractivity contribution in [2.45, 2.75) is 33.2 Å². The Balaban J connectivity index is 0.00000338. The van der Waals surface area contributed by atoms with Gasteiger partial charge in [-0.05, 0) is 43.0 Å². The van der Waals surface area contributed by atoms with Crippen LogP contribution < -0.4 is 10.6 Å². The number of nitrogens with one attached hydrogen (secondary N) is 2. The maximum absolute atomic E-state index is 8.85. The Labute approximate surface area is 173 Å². The fraction of sp³-hybridized carbons (Fsp3) is 0.333. The fourth-order valence-electron chi connectivity index (χ4n) is 2.54. The molecular weight excluding hydrogens is 435 g/mol. The lowest BCUT2D eigenvalue weighted by Crippen LogP contribution is -2.39. The summed E-state index contributed by atoms with van der Waals surface area (Å²) in [4.78, 5) is 4.63. The van der Waals surface area contributed by atoms with Gasteiger partial charge in [-0.1, -0.05) is 48.9 Å². The number of guanidine groups is 1. The minimum absolute atomic E-state index is 0. The van der Waals surface area contributed by atoms with E-state index in [-0.39, 0.29) is 24.0 Å². The highest BCUT2D eigenvalue weighted by Gasteiger charge is 2.07. The monoisotopic (exact) mass is 462 g/mol. The summed E-state index contributed by atoms with van der Waals surface area (Å²) < 4.78 is 0. The Hall–Kier alpha value is -2.07. The first-order valence-electron chi connectivity index (χ1n) is 8.70. The molecule has 0 saturated heterocycles. The summed E-state index contributed by atoms with van der Waals surface area (Å²) in [7, 11) is 0.